The highest BCUT2D eigenvalue weighted by molar-refractivity contribution is 4.91. The van der Waals surface area contributed by atoms with E-state index in [-0.39, 0.29) is 16.6 Å². The third kappa shape index (κ3) is 10.8. The maximum absolute atomic E-state index is 6.31. The van der Waals surface area contributed by atoms with E-state index in [1.165, 1.54) is 0 Å². The molecule has 0 aromatic rings. The molecule has 124 valence electrons. The predicted molar refractivity (Wildman–Crippen MR) is 89.9 cm³/mol. The van der Waals surface area contributed by atoms with Crippen LogP contribution in [0.1, 0.15) is 74.7 Å². The van der Waals surface area contributed by atoms with Crippen molar-refractivity contribution >= 4 is 0 Å². The van der Waals surface area contributed by atoms with E-state index in [1.807, 2.05) is 6.92 Å². The lowest BCUT2D eigenvalue weighted by molar-refractivity contribution is -0.151. The molecule has 0 aromatic heterocycles. The summed E-state index contributed by atoms with van der Waals surface area (Å²) in [6, 6.07) is 0. The molecular formula is C18H35NO2. The van der Waals surface area contributed by atoms with Crippen LogP contribution in [0.4, 0.5) is 0 Å². The average molecular weight is 297 g/mol. The minimum Gasteiger partial charge on any atom is -0.370 e. The molecule has 0 aliphatic heterocycles. The Morgan fingerprint density at radius 2 is 1.48 bits per heavy atom. The van der Waals surface area contributed by atoms with Gasteiger partial charge in [-0.15, -0.1) is 12.3 Å². The molecule has 0 rings (SSSR count). The Hall–Kier alpha value is -0.560. The van der Waals surface area contributed by atoms with Crippen molar-refractivity contribution in [2.24, 2.45) is 11.1 Å². The molecule has 0 fully saturated rings. The van der Waals surface area contributed by atoms with Crippen LogP contribution in [0.3, 0.4) is 0 Å². The Kier molecular flexibility index (Phi) is 6.94. The van der Waals surface area contributed by atoms with Gasteiger partial charge < -0.3 is 15.2 Å². The maximum atomic E-state index is 6.31. The normalized spacial score (nSPS) is 16.4. The summed E-state index contributed by atoms with van der Waals surface area (Å²) in [7, 11) is 0. The molecule has 0 spiro atoms. The molecule has 0 amide bonds. The van der Waals surface area contributed by atoms with Crippen LogP contribution < -0.4 is 5.73 Å². The molecule has 3 heteroatoms. The number of nitrogens with two attached hydrogens (primary N) is 1. The highest BCUT2D eigenvalue weighted by Crippen LogP contribution is 2.33. The molecule has 21 heavy (non-hydrogen) atoms. The van der Waals surface area contributed by atoms with Crippen molar-refractivity contribution in [2.75, 3.05) is 6.61 Å². The van der Waals surface area contributed by atoms with Crippen molar-refractivity contribution in [2.45, 2.75) is 91.6 Å². The van der Waals surface area contributed by atoms with Crippen LogP contribution in [0, 0.1) is 17.8 Å². The van der Waals surface area contributed by atoms with Gasteiger partial charge in [0.05, 0.1) is 24.2 Å². The summed E-state index contributed by atoms with van der Waals surface area (Å²) in [5.74, 6) is 2.54. The second-order valence-electron chi connectivity index (χ2n) is 8.65. The Labute approximate surface area is 132 Å². The van der Waals surface area contributed by atoms with Gasteiger partial charge in [-0.25, -0.2) is 0 Å². The highest BCUT2D eigenvalue weighted by Gasteiger charge is 2.33. The zero-order chi connectivity index (χ0) is 16.9. The van der Waals surface area contributed by atoms with Crippen molar-refractivity contribution in [3.63, 3.8) is 0 Å². The van der Waals surface area contributed by atoms with Crippen LogP contribution in [0.2, 0.25) is 0 Å². The number of hydrogen-bond acceptors (Lipinski definition) is 3. The van der Waals surface area contributed by atoms with Gasteiger partial charge in [0.1, 0.15) is 5.72 Å². The molecule has 0 radical (unpaired) electrons. The summed E-state index contributed by atoms with van der Waals surface area (Å²) in [5.41, 5.74) is 5.00. The molecule has 0 saturated heterocycles. The van der Waals surface area contributed by atoms with Crippen LogP contribution in [0.15, 0.2) is 0 Å². The van der Waals surface area contributed by atoms with Gasteiger partial charge in [0.2, 0.25) is 0 Å². The topological polar surface area (TPSA) is 44.5 Å². The van der Waals surface area contributed by atoms with E-state index in [4.69, 9.17) is 21.6 Å². The fraction of sp³-hybridized carbons (Fsp3) is 0.889. The van der Waals surface area contributed by atoms with Gasteiger partial charge in [-0.05, 0) is 52.9 Å². The van der Waals surface area contributed by atoms with E-state index in [2.05, 4.69) is 54.4 Å². The summed E-state index contributed by atoms with van der Waals surface area (Å²) >= 11 is 0. The smallest absolute Gasteiger partial charge is 0.124 e. The van der Waals surface area contributed by atoms with E-state index >= 15 is 0 Å². The molecule has 0 bridgehead atoms. The van der Waals surface area contributed by atoms with E-state index < -0.39 is 5.72 Å². The first-order valence-corrected chi connectivity index (χ1v) is 7.75. The molecule has 3 nitrogen and oxygen atoms in total. The van der Waals surface area contributed by atoms with Crippen LogP contribution in [0.25, 0.3) is 0 Å². The first-order valence-electron chi connectivity index (χ1n) is 7.75. The Morgan fingerprint density at radius 3 is 1.90 bits per heavy atom. The van der Waals surface area contributed by atoms with Crippen molar-refractivity contribution < 1.29 is 9.47 Å². The van der Waals surface area contributed by atoms with Crippen LogP contribution in [-0.2, 0) is 9.47 Å². The first kappa shape index (κ1) is 20.4. The first-order chi connectivity index (χ1) is 9.18. The molecular weight excluding hydrogens is 262 g/mol. The van der Waals surface area contributed by atoms with E-state index in [0.717, 1.165) is 12.8 Å². The molecule has 0 aliphatic carbocycles. The second kappa shape index (κ2) is 7.13. The monoisotopic (exact) mass is 297 g/mol. The number of terminal acetylenes is 1. The minimum absolute atomic E-state index is 0.174. The van der Waals surface area contributed by atoms with Gasteiger partial charge in [-0.3, -0.25) is 0 Å². The minimum atomic E-state index is -0.758. The van der Waals surface area contributed by atoms with Crippen LogP contribution >= 0.6 is 0 Å². The predicted octanol–water partition coefficient (Wildman–Crippen LogP) is 4.10. The zero-order valence-corrected chi connectivity index (χ0v) is 15.3. The number of ether oxygens (including phenoxy) is 2. The largest absolute Gasteiger partial charge is 0.370 e. The molecule has 1 unspecified atom stereocenters. The Bertz CT molecular complexity index is 356. The van der Waals surface area contributed by atoms with Crippen LogP contribution in [0.5, 0.6) is 0 Å². The number of hydrogen-bond donors (Lipinski definition) is 1. The SMILES string of the molecule is C#CCC(C)(N)OCCC(C)(C)OC(C)(C)CC(C)(C)C. The van der Waals surface area contributed by atoms with Gasteiger partial charge in [0.25, 0.3) is 0 Å². The average Bonchev–Trinajstić information content (AvgIpc) is 2.08. The Balaban J connectivity index is 4.41. The lowest BCUT2D eigenvalue weighted by Crippen LogP contribution is -2.43. The summed E-state index contributed by atoms with van der Waals surface area (Å²) in [4.78, 5) is 0. The molecule has 2 N–H and O–H groups in total. The molecule has 0 aromatic carbocycles. The van der Waals surface area contributed by atoms with E-state index in [1.54, 1.807) is 0 Å². The second-order valence-corrected chi connectivity index (χ2v) is 8.65. The lowest BCUT2D eigenvalue weighted by atomic mass is 9.83. The van der Waals surface area contributed by atoms with Gasteiger partial charge in [0, 0.05) is 0 Å². The Morgan fingerprint density at radius 1 is 0.952 bits per heavy atom. The van der Waals surface area contributed by atoms with Crippen LogP contribution in [-0.4, -0.2) is 23.5 Å². The van der Waals surface area contributed by atoms with Crippen molar-refractivity contribution in [3.8, 4) is 12.3 Å². The third-order valence-electron chi connectivity index (χ3n) is 3.10. The summed E-state index contributed by atoms with van der Waals surface area (Å²) in [6.45, 7) is 17.5. The van der Waals surface area contributed by atoms with Gasteiger partial charge in [-0.1, -0.05) is 20.8 Å². The summed E-state index contributed by atoms with van der Waals surface area (Å²) in [6.07, 6.45) is 7.46. The van der Waals surface area contributed by atoms with Gasteiger partial charge in [-0.2, -0.15) is 0 Å². The van der Waals surface area contributed by atoms with Gasteiger partial charge in [0.15, 0.2) is 0 Å². The quantitative estimate of drug-likeness (QED) is 0.542. The summed E-state index contributed by atoms with van der Waals surface area (Å²) < 4.78 is 12.0. The highest BCUT2D eigenvalue weighted by atomic mass is 16.5. The van der Waals surface area contributed by atoms with Gasteiger partial charge >= 0.3 is 0 Å². The molecule has 0 heterocycles. The number of rotatable bonds is 8. The maximum Gasteiger partial charge on any atom is 0.124 e. The molecule has 0 saturated carbocycles. The fourth-order valence-electron chi connectivity index (χ4n) is 2.90. The van der Waals surface area contributed by atoms with E-state index in [0.29, 0.717) is 13.0 Å². The van der Waals surface area contributed by atoms with Crippen molar-refractivity contribution in [3.05, 3.63) is 0 Å². The zero-order valence-electron chi connectivity index (χ0n) is 15.3. The fourth-order valence-corrected chi connectivity index (χ4v) is 2.90. The lowest BCUT2D eigenvalue weighted by Gasteiger charge is -2.40. The van der Waals surface area contributed by atoms with Crippen molar-refractivity contribution in [1.82, 2.24) is 0 Å². The molecule has 0 aliphatic rings. The van der Waals surface area contributed by atoms with Crippen molar-refractivity contribution in [1.29, 1.82) is 0 Å². The summed E-state index contributed by atoms with van der Waals surface area (Å²) in [5, 5.41) is 0. The standard InChI is InChI=1S/C18H35NO2/c1-10-11-18(9,19)20-13-12-16(5,6)21-17(7,8)14-15(2,3)4/h1H,11-14,19H2,2-9H3. The van der Waals surface area contributed by atoms with E-state index in [9.17, 15) is 0 Å². The third-order valence-corrected chi connectivity index (χ3v) is 3.10. The molecule has 1 atom stereocenters.